The van der Waals surface area contributed by atoms with Gasteiger partial charge in [-0.1, -0.05) is 24.3 Å². The molecule has 0 bridgehead atoms. The van der Waals surface area contributed by atoms with Crippen molar-refractivity contribution in [2.75, 3.05) is 26.0 Å². The van der Waals surface area contributed by atoms with Crippen molar-refractivity contribution in [3.8, 4) is 5.75 Å². The average Bonchev–Trinajstić information content (AvgIpc) is 2.55. The number of anilines is 1. The maximum atomic E-state index is 12.0. The Morgan fingerprint density at radius 3 is 2.46 bits per heavy atom. The average molecular weight is 327 g/mol. The monoisotopic (exact) mass is 327 g/mol. The summed E-state index contributed by atoms with van der Waals surface area (Å²) in [6, 6.07) is 15.3. The van der Waals surface area contributed by atoms with Crippen molar-refractivity contribution < 1.29 is 9.53 Å². The maximum Gasteiger partial charge on any atom is 0.319 e. The highest BCUT2D eigenvalue weighted by Crippen LogP contribution is 2.15. The maximum absolute atomic E-state index is 12.0. The fourth-order valence-electron chi connectivity index (χ4n) is 2.36. The first-order valence-corrected chi connectivity index (χ1v) is 8.07. The fourth-order valence-corrected chi connectivity index (χ4v) is 2.36. The van der Waals surface area contributed by atoms with Crippen LogP contribution in [0.4, 0.5) is 10.5 Å². The Balaban J connectivity index is 1.84. The number of nitrogens with one attached hydrogen (secondary N) is 2. The predicted molar refractivity (Wildman–Crippen MR) is 97.3 cm³/mol. The highest BCUT2D eigenvalue weighted by molar-refractivity contribution is 5.89. The number of nitrogens with zero attached hydrogens (tertiary/aromatic N) is 1. The Kier molecular flexibility index (Phi) is 6.63. The predicted octanol–water partition coefficient (Wildman–Crippen LogP) is 3.47. The number of hydrogen-bond acceptors (Lipinski definition) is 3. The van der Waals surface area contributed by atoms with Gasteiger partial charge in [0.15, 0.2) is 0 Å². The quantitative estimate of drug-likeness (QED) is 0.819. The lowest BCUT2D eigenvalue weighted by Crippen LogP contribution is -2.28. The van der Waals surface area contributed by atoms with E-state index in [-0.39, 0.29) is 6.03 Å². The summed E-state index contributed by atoms with van der Waals surface area (Å²) in [6.07, 6.45) is 0. The van der Waals surface area contributed by atoms with Crippen LogP contribution in [0.5, 0.6) is 5.75 Å². The summed E-state index contributed by atoms with van der Waals surface area (Å²) in [5, 5.41) is 5.69. The summed E-state index contributed by atoms with van der Waals surface area (Å²) in [7, 11) is 4.07. The van der Waals surface area contributed by atoms with E-state index in [0.29, 0.717) is 13.2 Å². The van der Waals surface area contributed by atoms with Gasteiger partial charge in [-0.2, -0.15) is 0 Å². The molecule has 0 aliphatic rings. The van der Waals surface area contributed by atoms with Crippen molar-refractivity contribution in [3.63, 3.8) is 0 Å². The van der Waals surface area contributed by atoms with E-state index in [4.69, 9.17) is 4.74 Å². The van der Waals surface area contributed by atoms with Crippen LogP contribution in [0.25, 0.3) is 0 Å². The molecule has 2 aromatic carbocycles. The molecule has 0 fully saturated rings. The zero-order chi connectivity index (χ0) is 17.4. The minimum absolute atomic E-state index is 0.225. The number of urea groups is 1. The summed E-state index contributed by atoms with van der Waals surface area (Å²) < 4.78 is 5.38. The number of benzene rings is 2. The summed E-state index contributed by atoms with van der Waals surface area (Å²) in [5.74, 6) is 0.793. The SMILES string of the molecule is CCOc1ccc(NC(=O)NCc2cccc(CN(C)C)c2)cc1. The molecular weight excluding hydrogens is 302 g/mol. The second-order valence-corrected chi connectivity index (χ2v) is 5.82. The van der Waals surface area contributed by atoms with E-state index in [9.17, 15) is 4.79 Å². The van der Waals surface area contributed by atoms with Gasteiger partial charge in [0, 0.05) is 18.8 Å². The normalized spacial score (nSPS) is 10.5. The van der Waals surface area contributed by atoms with Gasteiger partial charge in [-0.15, -0.1) is 0 Å². The Bertz CT molecular complexity index is 654. The van der Waals surface area contributed by atoms with Crippen LogP contribution in [-0.2, 0) is 13.1 Å². The van der Waals surface area contributed by atoms with Gasteiger partial charge in [-0.3, -0.25) is 0 Å². The molecule has 24 heavy (non-hydrogen) atoms. The fraction of sp³-hybridized carbons (Fsp3) is 0.316. The molecule has 0 unspecified atom stereocenters. The van der Waals surface area contributed by atoms with Crippen molar-refractivity contribution in [3.05, 3.63) is 59.7 Å². The second kappa shape index (κ2) is 8.93. The van der Waals surface area contributed by atoms with Gasteiger partial charge < -0.3 is 20.3 Å². The molecule has 0 atom stereocenters. The van der Waals surface area contributed by atoms with Crippen LogP contribution in [0.3, 0.4) is 0 Å². The molecule has 0 heterocycles. The van der Waals surface area contributed by atoms with Crippen molar-refractivity contribution in [1.82, 2.24) is 10.2 Å². The zero-order valence-electron chi connectivity index (χ0n) is 14.5. The highest BCUT2D eigenvalue weighted by atomic mass is 16.5. The summed E-state index contributed by atoms with van der Waals surface area (Å²) >= 11 is 0. The number of carbonyl (C=O) groups is 1. The lowest BCUT2D eigenvalue weighted by molar-refractivity contribution is 0.251. The Hall–Kier alpha value is -2.53. The van der Waals surface area contributed by atoms with Crippen LogP contribution in [0.2, 0.25) is 0 Å². The number of amides is 2. The highest BCUT2D eigenvalue weighted by Gasteiger charge is 2.03. The van der Waals surface area contributed by atoms with E-state index in [1.807, 2.05) is 57.4 Å². The van der Waals surface area contributed by atoms with Crippen LogP contribution in [0.15, 0.2) is 48.5 Å². The minimum atomic E-state index is -0.225. The first kappa shape index (κ1) is 17.8. The van der Waals surface area contributed by atoms with Gasteiger partial charge in [-0.05, 0) is 56.4 Å². The summed E-state index contributed by atoms with van der Waals surface area (Å²) in [5.41, 5.74) is 3.04. The van der Waals surface area contributed by atoms with Crippen LogP contribution in [0.1, 0.15) is 18.1 Å². The van der Waals surface area contributed by atoms with Gasteiger partial charge >= 0.3 is 6.03 Å². The van der Waals surface area contributed by atoms with E-state index in [1.54, 1.807) is 0 Å². The lowest BCUT2D eigenvalue weighted by Gasteiger charge is -2.12. The number of rotatable bonds is 7. The van der Waals surface area contributed by atoms with E-state index in [0.717, 1.165) is 23.5 Å². The van der Waals surface area contributed by atoms with Gasteiger partial charge in [0.2, 0.25) is 0 Å². The Morgan fingerprint density at radius 2 is 1.79 bits per heavy atom. The minimum Gasteiger partial charge on any atom is -0.494 e. The Labute approximate surface area is 143 Å². The molecule has 2 rings (SSSR count). The van der Waals surface area contributed by atoms with E-state index < -0.39 is 0 Å². The van der Waals surface area contributed by atoms with Gasteiger partial charge in [0.25, 0.3) is 0 Å². The van der Waals surface area contributed by atoms with Gasteiger partial charge in [0.1, 0.15) is 5.75 Å². The number of ether oxygens (including phenoxy) is 1. The van der Waals surface area contributed by atoms with Crippen molar-refractivity contribution >= 4 is 11.7 Å². The van der Waals surface area contributed by atoms with E-state index >= 15 is 0 Å². The largest absolute Gasteiger partial charge is 0.494 e. The first-order valence-electron chi connectivity index (χ1n) is 8.07. The molecule has 0 aliphatic heterocycles. The third-order valence-electron chi connectivity index (χ3n) is 3.37. The number of hydrogen-bond donors (Lipinski definition) is 2. The number of carbonyl (C=O) groups excluding carboxylic acids is 1. The summed E-state index contributed by atoms with van der Waals surface area (Å²) in [4.78, 5) is 14.1. The topological polar surface area (TPSA) is 53.6 Å². The molecule has 0 spiro atoms. The van der Waals surface area contributed by atoms with Crippen LogP contribution < -0.4 is 15.4 Å². The first-order chi connectivity index (χ1) is 11.6. The van der Waals surface area contributed by atoms with Crippen LogP contribution >= 0.6 is 0 Å². The molecule has 0 aliphatic carbocycles. The molecule has 0 saturated heterocycles. The van der Waals surface area contributed by atoms with Crippen molar-refractivity contribution in [1.29, 1.82) is 0 Å². The summed E-state index contributed by atoms with van der Waals surface area (Å²) in [6.45, 7) is 3.93. The third-order valence-corrected chi connectivity index (χ3v) is 3.37. The van der Waals surface area contributed by atoms with Crippen LogP contribution in [0, 0.1) is 0 Å². The lowest BCUT2D eigenvalue weighted by atomic mass is 10.1. The van der Waals surface area contributed by atoms with Crippen LogP contribution in [-0.4, -0.2) is 31.6 Å². The molecule has 2 amide bonds. The molecule has 2 N–H and O–H groups in total. The molecular formula is C19H25N3O2. The smallest absolute Gasteiger partial charge is 0.319 e. The molecule has 0 saturated carbocycles. The molecule has 5 heteroatoms. The second-order valence-electron chi connectivity index (χ2n) is 5.82. The standard InChI is InChI=1S/C19H25N3O2/c1-4-24-18-10-8-17(9-11-18)21-19(23)20-13-15-6-5-7-16(12-15)14-22(2)3/h5-12H,4,13-14H2,1-3H3,(H2,20,21,23). The molecule has 0 aromatic heterocycles. The van der Waals surface area contributed by atoms with E-state index in [2.05, 4.69) is 27.7 Å². The third kappa shape index (κ3) is 5.93. The van der Waals surface area contributed by atoms with Crippen molar-refractivity contribution in [2.24, 2.45) is 0 Å². The molecule has 128 valence electrons. The zero-order valence-corrected chi connectivity index (χ0v) is 14.5. The van der Waals surface area contributed by atoms with Crippen molar-refractivity contribution in [2.45, 2.75) is 20.0 Å². The van der Waals surface area contributed by atoms with Gasteiger partial charge in [-0.25, -0.2) is 4.79 Å². The molecule has 5 nitrogen and oxygen atoms in total. The molecule has 0 radical (unpaired) electrons. The van der Waals surface area contributed by atoms with Gasteiger partial charge in [0.05, 0.1) is 6.61 Å². The molecule has 2 aromatic rings. The Morgan fingerprint density at radius 1 is 1.08 bits per heavy atom. The van der Waals surface area contributed by atoms with E-state index in [1.165, 1.54) is 5.56 Å².